The Labute approximate surface area is 117 Å². The first kappa shape index (κ1) is 37.1. The third-order valence-corrected chi connectivity index (χ3v) is 1.21. The first-order chi connectivity index (χ1) is 3.41. The molecule has 0 saturated carbocycles. The van der Waals surface area contributed by atoms with E-state index in [1.54, 1.807) is 0 Å². The number of hydrogen-bond acceptors (Lipinski definition) is 0. The number of hydrogen-bond donors (Lipinski definition) is 0. The van der Waals surface area contributed by atoms with Gasteiger partial charge in [-0.2, -0.15) is 0 Å². The van der Waals surface area contributed by atoms with Gasteiger partial charge in [-0.1, -0.05) is 46.0 Å². The first-order valence-electron chi connectivity index (χ1n) is 3.41. The van der Waals surface area contributed by atoms with Gasteiger partial charge in [0.2, 0.25) is 0 Å². The predicted molar refractivity (Wildman–Crippen MR) is 63.4 cm³/mol. The zero-order valence-electron chi connectivity index (χ0n) is 7.67. The Morgan fingerprint density at radius 1 is 0.583 bits per heavy atom. The van der Waals surface area contributed by atoms with Crippen LogP contribution in [0.25, 0.3) is 0 Å². The molecule has 0 radical (unpaired) electrons. The molecular formula is C7H20Cl4Ti. The van der Waals surface area contributed by atoms with E-state index < -0.39 is 0 Å². The van der Waals surface area contributed by atoms with Crippen molar-refractivity contribution in [3.8, 4) is 0 Å². The zero-order valence-corrected chi connectivity index (χ0v) is 12.5. The van der Waals surface area contributed by atoms with Crippen LogP contribution in [0, 0.1) is 0 Å². The van der Waals surface area contributed by atoms with E-state index in [4.69, 9.17) is 0 Å². The van der Waals surface area contributed by atoms with Crippen LogP contribution in [0.15, 0.2) is 0 Å². The topological polar surface area (TPSA) is 0 Å². The first-order valence-corrected chi connectivity index (χ1v) is 3.41. The third kappa shape index (κ3) is 40.7. The molecule has 80 valence electrons. The van der Waals surface area contributed by atoms with Gasteiger partial charge in [-0.15, -0.1) is 49.6 Å². The zero-order chi connectivity index (χ0) is 5.54. The quantitative estimate of drug-likeness (QED) is 0.522. The summed E-state index contributed by atoms with van der Waals surface area (Å²) in [6.07, 6.45) is 7.01. The van der Waals surface area contributed by atoms with Crippen LogP contribution in [0.2, 0.25) is 0 Å². The van der Waals surface area contributed by atoms with E-state index in [-0.39, 0.29) is 71.3 Å². The molecule has 0 aromatic carbocycles. The van der Waals surface area contributed by atoms with E-state index in [1.807, 2.05) is 0 Å². The van der Waals surface area contributed by atoms with Crippen LogP contribution in [-0.4, -0.2) is 0 Å². The molecule has 0 unspecified atom stereocenters. The van der Waals surface area contributed by atoms with Crippen molar-refractivity contribution in [3.63, 3.8) is 0 Å². The fraction of sp³-hybridized carbons (Fsp3) is 1.00. The van der Waals surface area contributed by atoms with Gasteiger partial charge in [0, 0.05) is 21.7 Å². The summed E-state index contributed by atoms with van der Waals surface area (Å²) in [5, 5.41) is 0. The summed E-state index contributed by atoms with van der Waals surface area (Å²) in [5.74, 6) is 0. The standard InChI is InChI=1S/C7H16.4ClH.Ti/c1-3-5-7-6-4-2;;;;;/h3-7H2,1-2H3;4*1H;. The van der Waals surface area contributed by atoms with Crippen LogP contribution in [0.5, 0.6) is 0 Å². The minimum Gasteiger partial charge on any atom is -0.147 e. The second-order valence-electron chi connectivity index (χ2n) is 2.06. The van der Waals surface area contributed by atoms with Gasteiger partial charge >= 0.3 is 0 Å². The van der Waals surface area contributed by atoms with Gasteiger partial charge < -0.3 is 0 Å². The average molecular weight is 294 g/mol. The molecular weight excluding hydrogens is 274 g/mol. The molecule has 0 fully saturated rings. The van der Waals surface area contributed by atoms with Crippen molar-refractivity contribution in [1.29, 1.82) is 0 Å². The fourth-order valence-electron chi connectivity index (χ4n) is 0.677. The molecule has 0 heterocycles. The molecule has 0 aromatic heterocycles. The Balaban J connectivity index is -0.0000000180. The summed E-state index contributed by atoms with van der Waals surface area (Å²) in [6.45, 7) is 4.49. The monoisotopic (exact) mass is 292 g/mol. The van der Waals surface area contributed by atoms with Crippen molar-refractivity contribution in [2.24, 2.45) is 0 Å². The van der Waals surface area contributed by atoms with Crippen molar-refractivity contribution in [1.82, 2.24) is 0 Å². The average Bonchev–Trinajstić information content (AvgIpc) is 1.69. The maximum absolute atomic E-state index is 2.25. The van der Waals surface area contributed by atoms with Crippen molar-refractivity contribution in [3.05, 3.63) is 0 Å². The van der Waals surface area contributed by atoms with Crippen LogP contribution < -0.4 is 0 Å². The van der Waals surface area contributed by atoms with Crippen molar-refractivity contribution in [2.45, 2.75) is 46.0 Å². The van der Waals surface area contributed by atoms with E-state index in [0.29, 0.717) is 0 Å². The summed E-state index contributed by atoms with van der Waals surface area (Å²) in [4.78, 5) is 0. The largest absolute Gasteiger partial charge is 0.147 e. The third-order valence-electron chi connectivity index (χ3n) is 1.21. The van der Waals surface area contributed by atoms with Crippen LogP contribution in [0.1, 0.15) is 46.0 Å². The Morgan fingerprint density at radius 2 is 0.833 bits per heavy atom. The normalized spacial score (nSPS) is 5.50. The molecule has 0 aliphatic carbocycles. The molecule has 0 nitrogen and oxygen atoms in total. The molecule has 0 aliphatic rings. The van der Waals surface area contributed by atoms with Gasteiger partial charge in [-0.3, -0.25) is 0 Å². The minimum atomic E-state index is 0. The molecule has 0 bridgehead atoms. The van der Waals surface area contributed by atoms with E-state index in [0.717, 1.165) is 0 Å². The summed E-state index contributed by atoms with van der Waals surface area (Å²) < 4.78 is 0. The molecule has 0 saturated heterocycles. The van der Waals surface area contributed by atoms with Gasteiger partial charge in [0.25, 0.3) is 0 Å². The van der Waals surface area contributed by atoms with Crippen LogP contribution in [0.3, 0.4) is 0 Å². The van der Waals surface area contributed by atoms with Crippen molar-refractivity contribution in [2.75, 3.05) is 0 Å². The molecule has 0 aromatic rings. The number of rotatable bonds is 4. The Hall–Kier alpha value is 1.87. The molecule has 0 aliphatic heterocycles. The second-order valence-corrected chi connectivity index (χ2v) is 2.06. The maximum Gasteiger partial charge on any atom is 0 e. The fourth-order valence-corrected chi connectivity index (χ4v) is 0.677. The smallest absolute Gasteiger partial charge is 0 e. The summed E-state index contributed by atoms with van der Waals surface area (Å²) >= 11 is 0. The van der Waals surface area contributed by atoms with Crippen molar-refractivity contribution >= 4 is 49.6 Å². The molecule has 0 atom stereocenters. The summed E-state index contributed by atoms with van der Waals surface area (Å²) in [7, 11) is 0. The van der Waals surface area contributed by atoms with E-state index >= 15 is 0 Å². The molecule has 12 heavy (non-hydrogen) atoms. The molecule has 0 N–H and O–H groups in total. The van der Waals surface area contributed by atoms with Crippen LogP contribution in [0.4, 0.5) is 0 Å². The van der Waals surface area contributed by atoms with Gasteiger partial charge in [0.05, 0.1) is 0 Å². The van der Waals surface area contributed by atoms with E-state index in [1.165, 1.54) is 32.1 Å². The molecule has 0 rings (SSSR count). The maximum atomic E-state index is 2.25. The predicted octanol–water partition coefficient (Wildman–Crippen LogP) is 4.66. The van der Waals surface area contributed by atoms with Crippen LogP contribution in [-0.2, 0) is 21.7 Å². The van der Waals surface area contributed by atoms with Gasteiger partial charge in [0.15, 0.2) is 0 Å². The Kier molecular flexibility index (Phi) is 119. The van der Waals surface area contributed by atoms with Crippen molar-refractivity contribution < 1.29 is 21.7 Å². The SMILES string of the molecule is CCCCCCC.Cl.Cl.Cl.Cl.[Ti]. The van der Waals surface area contributed by atoms with Gasteiger partial charge in [-0.25, -0.2) is 0 Å². The molecule has 0 spiro atoms. The number of unbranched alkanes of at least 4 members (excludes halogenated alkanes) is 4. The van der Waals surface area contributed by atoms with Gasteiger partial charge in [0.1, 0.15) is 0 Å². The van der Waals surface area contributed by atoms with E-state index in [2.05, 4.69) is 13.8 Å². The van der Waals surface area contributed by atoms with E-state index in [9.17, 15) is 0 Å². The summed E-state index contributed by atoms with van der Waals surface area (Å²) in [6, 6.07) is 0. The number of halogens is 4. The second kappa shape index (κ2) is 38.4. The minimum absolute atomic E-state index is 0. The Morgan fingerprint density at radius 3 is 1.00 bits per heavy atom. The Bertz CT molecular complexity index is 34.6. The summed E-state index contributed by atoms with van der Waals surface area (Å²) in [5.41, 5.74) is 0. The van der Waals surface area contributed by atoms with Crippen LogP contribution >= 0.6 is 49.6 Å². The molecule has 0 amide bonds. The van der Waals surface area contributed by atoms with Gasteiger partial charge in [-0.05, 0) is 0 Å². The molecule has 5 heteroatoms.